The van der Waals surface area contributed by atoms with E-state index in [0.29, 0.717) is 5.92 Å². The van der Waals surface area contributed by atoms with Crippen LogP contribution in [0.1, 0.15) is 28.8 Å². The first-order valence-electron chi connectivity index (χ1n) is 10.4. The molecule has 0 bridgehead atoms. The number of H-pyrrole nitrogens is 1. The van der Waals surface area contributed by atoms with E-state index in [1.54, 1.807) is 0 Å². The first-order chi connectivity index (χ1) is 14.1. The van der Waals surface area contributed by atoms with Crippen molar-refractivity contribution in [1.82, 2.24) is 14.8 Å². The van der Waals surface area contributed by atoms with E-state index in [4.69, 9.17) is 0 Å². The molecule has 1 atom stereocenters. The van der Waals surface area contributed by atoms with E-state index in [-0.39, 0.29) is 11.7 Å². The molecule has 1 N–H and O–H groups in total. The molecule has 1 aliphatic heterocycles. The maximum atomic E-state index is 13.1. The Labute approximate surface area is 171 Å². The molecule has 0 radical (unpaired) electrons. The number of likely N-dealkylation sites (tertiary alicyclic amines) is 1. The molecule has 4 rings (SSSR count). The number of hydrogen-bond acceptors (Lipinski definition) is 2. The summed E-state index contributed by atoms with van der Waals surface area (Å²) in [6, 6.07) is 14.6. The first kappa shape index (κ1) is 19.6. The van der Waals surface area contributed by atoms with Gasteiger partial charge in [0, 0.05) is 44.0 Å². The maximum Gasteiger partial charge on any atom is 0.253 e. The number of nitrogens with one attached hydrogen (secondary N) is 1. The molecule has 1 fully saturated rings. The lowest BCUT2D eigenvalue weighted by Crippen LogP contribution is -2.42. The third-order valence-electron chi connectivity index (χ3n) is 5.91. The van der Waals surface area contributed by atoms with Gasteiger partial charge in [-0.2, -0.15) is 0 Å². The van der Waals surface area contributed by atoms with Crippen LogP contribution in [0.2, 0.25) is 0 Å². The lowest BCUT2D eigenvalue weighted by atomic mass is 9.96. The highest BCUT2D eigenvalue weighted by Gasteiger charge is 2.23. The van der Waals surface area contributed by atoms with Crippen LogP contribution < -0.4 is 0 Å². The Bertz CT molecular complexity index is 966. The fraction of sp³-hybridized carbons (Fsp3) is 0.375. The second-order valence-electron chi connectivity index (χ2n) is 8.15. The number of fused-ring (bicyclic) bond motifs is 1. The smallest absolute Gasteiger partial charge is 0.253 e. The summed E-state index contributed by atoms with van der Waals surface area (Å²) in [5.41, 5.74) is 2.89. The summed E-state index contributed by atoms with van der Waals surface area (Å²) < 4.78 is 13.1. The van der Waals surface area contributed by atoms with Gasteiger partial charge in [0.1, 0.15) is 5.82 Å². The monoisotopic (exact) mass is 393 g/mol. The van der Waals surface area contributed by atoms with Crippen LogP contribution in [-0.4, -0.2) is 53.9 Å². The van der Waals surface area contributed by atoms with E-state index in [1.807, 2.05) is 54.5 Å². The van der Waals surface area contributed by atoms with Gasteiger partial charge in [-0.05, 0) is 73.0 Å². The molecule has 29 heavy (non-hydrogen) atoms. The van der Waals surface area contributed by atoms with Crippen LogP contribution in [0.3, 0.4) is 0 Å². The van der Waals surface area contributed by atoms with Gasteiger partial charge in [-0.25, -0.2) is 4.39 Å². The van der Waals surface area contributed by atoms with Crippen molar-refractivity contribution in [1.29, 1.82) is 0 Å². The van der Waals surface area contributed by atoms with Gasteiger partial charge >= 0.3 is 0 Å². The van der Waals surface area contributed by atoms with Crippen molar-refractivity contribution in [3.05, 3.63) is 71.7 Å². The lowest BCUT2D eigenvalue weighted by Gasteiger charge is -2.34. The number of carbonyl (C=O) groups is 1. The van der Waals surface area contributed by atoms with Gasteiger partial charge in [0.25, 0.3) is 5.91 Å². The molecule has 2 heterocycles. The van der Waals surface area contributed by atoms with Crippen LogP contribution in [0.4, 0.5) is 4.39 Å². The summed E-state index contributed by atoms with van der Waals surface area (Å²) in [7, 11) is 1.90. The van der Waals surface area contributed by atoms with Gasteiger partial charge in [0.05, 0.1) is 0 Å². The highest BCUT2D eigenvalue weighted by atomic mass is 19.1. The van der Waals surface area contributed by atoms with Gasteiger partial charge < -0.3 is 14.8 Å². The Morgan fingerprint density at radius 3 is 2.86 bits per heavy atom. The van der Waals surface area contributed by atoms with E-state index in [1.165, 1.54) is 17.7 Å². The van der Waals surface area contributed by atoms with Crippen molar-refractivity contribution in [2.75, 3.05) is 33.2 Å². The zero-order valence-corrected chi connectivity index (χ0v) is 16.9. The number of hydrogen-bond donors (Lipinski definition) is 1. The highest BCUT2D eigenvalue weighted by Crippen LogP contribution is 2.20. The summed E-state index contributed by atoms with van der Waals surface area (Å²) in [6.45, 7) is 3.85. The molecule has 0 aliphatic carbocycles. The van der Waals surface area contributed by atoms with Crippen molar-refractivity contribution >= 4 is 16.8 Å². The predicted octanol–water partition coefficient (Wildman–Crippen LogP) is 4.33. The molecular formula is C24H28FN3O. The normalized spacial score (nSPS) is 17.5. The fourth-order valence-corrected chi connectivity index (χ4v) is 4.31. The van der Waals surface area contributed by atoms with E-state index in [9.17, 15) is 9.18 Å². The SMILES string of the molecule is CN(C[C@@H]1CCCN(CCc2ccc(F)cc2)C1)C(=O)c1ccc2cc[nH]c2c1. The Kier molecular flexibility index (Phi) is 5.95. The summed E-state index contributed by atoms with van der Waals surface area (Å²) in [4.78, 5) is 20.4. The Hall–Kier alpha value is -2.66. The lowest BCUT2D eigenvalue weighted by molar-refractivity contribution is 0.0730. The number of nitrogens with zero attached hydrogens (tertiary/aromatic N) is 2. The van der Waals surface area contributed by atoms with Gasteiger partial charge in [-0.1, -0.05) is 18.2 Å². The predicted molar refractivity (Wildman–Crippen MR) is 115 cm³/mol. The second-order valence-corrected chi connectivity index (χ2v) is 8.15. The molecular weight excluding hydrogens is 365 g/mol. The van der Waals surface area contributed by atoms with Gasteiger partial charge in [-0.15, -0.1) is 0 Å². The zero-order valence-electron chi connectivity index (χ0n) is 16.9. The number of rotatable bonds is 6. The maximum absolute atomic E-state index is 13.1. The van der Waals surface area contributed by atoms with Crippen molar-refractivity contribution < 1.29 is 9.18 Å². The van der Waals surface area contributed by atoms with E-state index < -0.39 is 0 Å². The van der Waals surface area contributed by atoms with Crippen molar-refractivity contribution in [2.24, 2.45) is 5.92 Å². The third kappa shape index (κ3) is 4.85. The Morgan fingerprint density at radius 1 is 1.21 bits per heavy atom. The molecule has 5 heteroatoms. The van der Waals surface area contributed by atoms with Crippen molar-refractivity contribution in [2.45, 2.75) is 19.3 Å². The molecule has 1 aliphatic rings. The van der Waals surface area contributed by atoms with E-state index in [2.05, 4.69) is 9.88 Å². The average Bonchev–Trinajstić information content (AvgIpc) is 3.21. The van der Waals surface area contributed by atoms with Crippen molar-refractivity contribution in [3.63, 3.8) is 0 Å². The van der Waals surface area contributed by atoms with Crippen LogP contribution in [0.25, 0.3) is 10.9 Å². The van der Waals surface area contributed by atoms with Gasteiger partial charge in [-0.3, -0.25) is 4.79 Å². The molecule has 3 aromatic rings. The molecule has 4 nitrogen and oxygen atoms in total. The standard InChI is InChI=1S/C24H28FN3O/c1-27(24(29)21-7-6-20-10-12-26-23(20)15-21)16-19-3-2-13-28(17-19)14-11-18-4-8-22(25)9-5-18/h4-10,12,15,19,26H,2-3,11,13-14,16-17H2,1H3/t19-/m0/s1. The quantitative estimate of drug-likeness (QED) is 0.677. The number of carbonyl (C=O) groups excluding carboxylic acids is 1. The summed E-state index contributed by atoms with van der Waals surface area (Å²) >= 11 is 0. The molecule has 0 saturated carbocycles. The first-order valence-corrected chi connectivity index (χ1v) is 10.4. The molecule has 1 saturated heterocycles. The van der Waals surface area contributed by atoms with E-state index in [0.717, 1.165) is 61.9 Å². The third-order valence-corrected chi connectivity index (χ3v) is 5.91. The van der Waals surface area contributed by atoms with Crippen LogP contribution >= 0.6 is 0 Å². The van der Waals surface area contributed by atoms with Gasteiger partial charge in [0.2, 0.25) is 0 Å². The molecule has 1 aromatic heterocycles. The number of benzene rings is 2. The highest BCUT2D eigenvalue weighted by molar-refractivity contribution is 5.97. The van der Waals surface area contributed by atoms with Crippen LogP contribution in [-0.2, 0) is 6.42 Å². The molecule has 0 unspecified atom stereocenters. The van der Waals surface area contributed by atoms with Crippen molar-refractivity contribution in [3.8, 4) is 0 Å². The van der Waals surface area contributed by atoms with Crippen LogP contribution in [0, 0.1) is 11.7 Å². The minimum atomic E-state index is -0.185. The number of aromatic amines is 1. The van der Waals surface area contributed by atoms with Crippen LogP contribution in [0.15, 0.2) is 54.7 Å². The molecule has 2 aromatic carbocycles. The number of piperidine rings is 1. The Balaban J connectivity index is 1.30. The molecule has 0 spiro atoms. The molecule has 1 amide bonds. The summed E-state index contributed by atoms with van der Waals surface area (Å²) in [5.74, 6) is 0.375. The second kappa shape index (κ2) is 8.78. The molecule has 152 valence electrons. The number of amides is 1. The summed E-state index contributed by atoms with van der Waals surface area (Å²) in [5, 5.41) is 1.12. The minimum Gasteiger partial charge on any atom is -0.361 e. The summed E-state index contributed by atoms with van der Waals surface area (Å²) in [6.07, 6.45) is 5.13. The Morgan fingerprint density at radius 2 is 2.03 bits per heavy atom. The van der Waals surface area contributed by atoms with Crippen LogP contribution in [0.5, 0.6) is 0 Å². The number of halogens is 1. The topological polar surface area (TPSA) is 39.3 Å². The largest absolute Gasteiger partial charge is 0.361 e. The average molecular weight is 394 g/mol. The van der Waals surface area contributed by atoms with E-state index >= 15 is 0 Å². The minimum absolute atomic E-state index is 0.0740. The zero-order chi connectivity index (χ0) is 20.2. The fourth-order valence-electron chi connectivity index (χ4n) is 4.31. The van der Waals surface area contributed by atoms with Gasteiger partial charge in [0.15, 0.2) is 0 Å². The number of aromatic nitrogens is 1.